The number of benzene rings is 1. The highest BCUT2D eigenvalue weighted by Gasteiger charge is 2.21. The van der Waals surface area contributed by atoms with Crippen molar-refractivity contribution < 1.29 is 14.3 Å². The van der Waals surface area contributed by atoms with E-state index < -0.39 is 17.5 Å². The van der Waals surface area contributed by atoms with E-state index in [9.17, 15) is 9.18 Å². The van der Waals surface area contributed by atoms with Crippen molar-refractivity contribution in [3.8, 4) is 11.4 Å². The summed E-state index contributed by atoms with van der Waals surface area (Å²) in [6.45, 7) is 0. The molecule has 0 unspecified atom stereocenters. The number of hydrogen-bond donors (Lipinski definition) is 2. The summed E-state index contributed by atoms with van der Waals surface area (Å²) in [6, 6.07) is 2.83. The minimum absolute atomic E-state index is 0.00498. The molecule has 2 rings (SSSR count). The average Bonchev–Trinajstić information content (AvgIpc) is 2.42. The zero-order valence-corrected chi connectivity index (χ0v) is 12.9. The third-order valence-corrected chi connectivity index (χ3v) is 4.18. The van der Waals surface area contributed by atoms with Crippen LogP contribution in [0.5, 0.6) is 0 Å². The van der Waals surface area contributed by atoms with Crippen molar-refractivity contribution in [2.45, 2.75) is 4.90 Å². The third-order valence-electron chi connectivity index (χ3n) is 2.57. The highest BCUT2D eigenvalue weighted by Crippen LogP contribution is 2.34. The largest absolute Gasteiger partial charge is 0.476 e. The maximum Gasteiger partial charge on any atom is 0.356 e. The Morgan fingerprint density at radius 1 is 1.38 bits per heavy atom. The smallest absolute Gasteiger partial charge is 0.356 e. The van der Waals surface area contributed by atoms with Gasteiger partial charge in [-0.05, 0) is 18.4 Å². The first-order valence-electron chi connectivity index (χ1n) is 5.45. The molecule has 0 fully saturated rings. The molecule has 0 spiro atoms. The first kappa shape index (κ1) is 15.8. The number of aromatic nitrogens is 2. The van der Waals surface area contributed by atoms with E-state index in [0.717, 1.165) is 11.8 Å². The summed E-state index contributed by atoms with van der Waals surface area (Å²) in [7, 11) is 0. The van der Waals surface area contributed by atoms with Gasteiger partial charge in [-0.1, -0.05) is 23.2 Å². The molecule has 0 amide bonds. The van der Waals surface area contributed by atoms with E-state index in [-0.39, 0.29) is 32.1 Å². The van der Waals surface area contributed by atoms with Crippen LogP contribution in [0.2, 0.25) is 10.0 Å². The van der Waals surface area contributed by atoms with Crippen molar-refractivity contribution in [1.29, 1.82) is 0 Å². The molecule has 2 aromatic rings. The van der Waals surface area contributed by atoms with Crippen LogP contribution in [0.4, 0.5) is 10.2 Å². The zero-order valence-electron chi connectivity index (χ0n) is 10.5. The number of carbonyl (C=O) groups is 1. The first-order chi connectivity index (χ1) is 9.86. The van der Waals surface area contributed by atoms with E-state index in [0.29, 0.717) is 0 Å². The van der Waals surface area contributed by atoms with E-state index >= 15 is 0 Å². The van der Waals surface area contributed by atoms with Gasteiger partial charge in [-0.15, -0.1) is 11.8 Å². The van der Waals surface area contributed by atoms with E-state index in [2.05, 4.69) is 9.97 Å². The van der Waals surface area contributed by atoms with E-state index in [1.165, 1.54) is 12.1 Å². The SMILES string of the molecule is CSc1c(Cl)ccc(-c2nc(N)c(Cl)c(C(=O)O)n2)c1F. The standard InChI is InChI=1S/C12H8Cl2FN3O2S/c1-21-9-5(13)3-2-4(7(9)15)11-17-8(12(19)20)6(14)10(16)18-11/h2-3H,1H3,(H,19,20)(H2,16,17,18). The Hall–Kier alpha value is -1.57. The Labute approximate surface area is 133 Å². The molecule has 110 valence electrons. The molecule has 3 N–H and O–H groups in total. The van der Waals surface area contributed by atoms with Gasteiger partial charge in [-0.2, -0.15) is 0 Å². The Bertz CT molecular complexity index is 743. The molecule has 1 aromatic carbocycles. The summed E-state index contributed by atoms with van der Waals surface area (Å²) in [6.07, 6.45) is 1.66. The molecule has 1 heterocycles. The molecule has 21 heavy (non-hydrogen) atoms. The van der Waals surface area contributed by atoms with Crippen LogP contribution < -0.4 is 5.73 Å². The van der Waals surface area contributed by atoms with Gasteiger partial charge in [0.05, 0.1) is 15.5 Å². The van der Waals surface area contributed by atoms with Gasteiger partial charge >= 0.3 is 5.97 Å². The quantitative estimate of drug-likeness (QED) is 0.824. The van der Waals surface area contributed by atoms with E-state index in [1.54, 1.807) is 6.26 Å². The number of rotatable bonds is 3. The molecule has 0 aliphatic heterocycles. The fourth-order valence-corrected chi connectivity index (χ4v) is 2.71. The van der Waals surface area contributed by atoms with Gasteiger partial charge in [0, 0.05) is 0 Å². The van der Waals surface area contributed by atoms with Gasteiger partial charge < -0.3 is 10.8 Å². The molecule has 0 saturated carbocycles. The Balaban J connectivity index is 2.71. The Morgan fingerprint density at radius 3 is 2.62 bits per heavy atom. The highest BCUT2D eigenvalue weighted by atomic mass is 35.5. The van der Waals surface area contributed by atoms with Crippen molar-refractivity contribution in [2.24, 2.45) is 0 Å². The van der Waals surface area contributed by atoms with Gasteiger partial charge in [0.1, 0.15) is 16.7 Å². The predicted octanol–water partition coefficient (Wildman–Crippen LogP) is 3.59. The molecule has 0 bridgehead atoms. The number of carboxylic acids is 1. The third kappa shape index (κ3) is 2.90. The van der Waals surface area contributed by atoms with Crippen LogP contribution in [-0.4, -0.2) is 27.3 Å². The van der Waals surface area contributed by atoms with E-state index in [1.807, 2.05) is 0 Å². The van der Waals surface area contributed by atoms with Gasteiger partial charge in [0.25, 0.3) is 0 Å². The molecule has 1 aromatic heterocycles. The number of carboxylic acid groups (broad SMARTS) is 1. The Morgan fingerprint density at radius 2 is 2.05 bits per heavy atom. The fourth-order valence-electron chi connectivity index (χ4n) is 1.62. The van der Waals surface area contributed by atoms with Crippen LogP contribution >= 0.6 is 35.0 Å². The fraction of sp³-hybridized carbons (Fsp3) is 0.0833. The summed E-state index contributed by atoms with van der Waals surface area (Å²) >= 11 is 12.7. The number of nitrogens with zero attached hydrogens (tertiary/aromatic N) is 2. The molecule has 9 heteroatoms. The number of hydrogen-bond acceptors (Lipinski definition) is 5. The lowest BCUT2D eigenvalue weighted by Gasteiger charge is -2.09. The first-order valence-corrected chi connectivity index (χ1v) is 7.43. The number of anilines is 1. The normalized spacial score (nSPS) is 10.7. The van der Waals surface area contributed by atoms with Crippen LogP contribution in [0, 0.1) is 5.82 Å². The van der Waals surface area contributed by atoms with Crippen LogP contribution in [0.15, 0.2) is 17.0 Å². The van der Waals surface area contributed by atoms with Crippen molar-refractivity contribution in [1.82, 2.24) is 9.97 Å². The second-order valence-electron chi connectivity index (χ2n) is 3.84. The van der Waals surface area contributed by atoms with Crippen LogP contribution in [0.25, 0.3) is 11.4 Å². The molecule has 0 atom stereocenters. The van der Waals surface area contributed by atoms with E-state index in [4.69, 9.17) is 34.0 Å². The van der Waals surface area contributed by atoms with Gasteiger partial charge in [0.2, 0.25) is 0 Å². The molecule has 0 radical (unpaired) electrons. The predicted molar refractivity (Wildman–Crippen MR) is 80.6 cm³/mol. The van der Waals surface area contributed by atoms with Crippen molar-refractivity contribution in [3.05, 3.63) is 33.7 Å². The number of aromatic carboxylic acids is 1. The number of nitrogen functional groups attached to an aromatic ring is 1. The second kappa shape index (κ2) is 6.05. The average molecular weight is 348 g/mol. The number of nitrogens with two attached hydrogens (primary N) is 1. The minimum Gasteiger partial charge on any atom is -0.476 e. The maximum atomic E-state index is 14.4. The molecule has 0 saturated heterocycles. The van der Waals surface area contributed by atoms with Crippen LogP contribution in [0.1, 0.15) is 10.5 Å². The molecule has 0 aliphatic carbocycles. The van der Waals surface area contributed by atoms with Crippen LogP contribution in [0.3, 0.4) is 0 Å². The summed E-state index contributed by atoms with van der Waals surface area (Å²) in [5.41, 5.74) is 5.06. The maximum absolute atomic E-state index is 14.4. The monoisotopic (exact) mass is 347 g/mol. The molecular formula is C12H8Cl2FN3O2S. The Kier molecular flexibility index (Phi) is 4.55. The summed E-state index contributed by atoms with van der Waals surface area (Å²) in [5.74, 6) is -2.43. The summed E-state index contributed by atoms with van der Waals surface area (Å²) in [5, 5.41) is 8.98. The van der Waals surface area contributed by atoms with Gasteiger partial charge in [-0.3, -0.25) is 0 Å². The second-order valence-corrected chi connectivity index (χ2v) is 5.44. The van der Waals surface area contributed by atoms with Crippen molar-refractivity contribution >= 4 is 46.8 Å². The highest BCUT2D eigenvalue weighted by molar-refractivity contribution is 7.98. The molecule has 0 aliphatic rings. The number of halogens is 3. The topological polar surface area (TPSA) is 89.1 Å². The van der Waals surface area contributed by atoms with Gasteiger partial charge in [0.15, 0.2) is 11.5 Å². The summed E-state index contributed by atoms with van der Waals surface area (Å²) < 4.78 is 14.4. The zero-order chi connectivity index (χ0) is 15.7. The minimum atomic E-state index is -1.38. The van der Waals surface area contributed by atoms with Crippen molar-refractivity contribution in [3.63, 3.8) is 0 Å². The van der Waals surface area contributed by atoms with Gasteiger partial charge in [-0.25, -0.2) is 19.2 Å². The summed E-state index contributed by atoms with van der Waals surface area (Å²) in [4.78, 5) is 18.9. The van der Waals surface area contributed by atoms with Crippen LogP contribution in [-0.2, 0) is 0 Å². The molecular weight excluding hydrogens is 340 g/mol. The van der Waals surface area contributed by atoms with Crippen molar-refractivity contribution in [2.75, 3.05) is 12.0 Å². The lowest BCUT2D eigenvalue weighted by Crippen LogP contribution is -2.08. The molecule has 5 nitrogen and oxygen atoms in total. The lowest BCUT2D eigenvalue weighted by atomic mass is 10.2. The number of thioether (sulfide) groups is 1. The lowest BCUT2D eigenvalue weighted by molar-refractivity contribution is 0.0690.